The summed E-state index contributed by atoms with van der Waals surface area (Å²) in [7, 11) is 0. The number of rotatable bonds is 5. The predicted octanol–water partition coefficient (Wildman–Crippen LogP) is 4.02. The maximum atomic E-state index is 5.65. The molecule has 1 heterocycles. The van der Waals surface area contributed by atoms with E-state index in [0.717, 1.165) is 36.6 Å². The van der Waals surface area contributed by atoms with Crippen LogP contribution in [-0.4, -0.2) is 0 Å². The van der Waals surface area contributed by atoms with Crippen molar-refractivity contribution in [2.45, 2.75) is 33.2 Å². The van der Waals surface area contributed by atoms with E-state index in [1.807, 2.05) is 12.1 Å². The summed E-state index contributed by atoms with van der Waals surface area (Å²) in [5.41, 5.74) is 2.50. The third kappa shape index (κ3) is 3.13. The second-order valence-electron chi connectivity index (χ2n) is 4.13. The summed E-state index contributed by atoms with van der Waals surface area (Å²) in [6.07, 6.45) is 2.02. The largest absolute Gasteiger partial charge is 0.464 e. The Morgan fingerprint density at radius 1 is 1.00 bits per heavy atom. The number of aryl methyl sites for hydroxylation is 2. The summed E-state index contributed by atoms with van der Waals surface area (Å²) in [5.74, 6) is 2.04. The molecule has 0 unspecified atom stereocenters. The van der Waals surface area contributed by atoms with Gasteiger partial charge in [-0.25, -0.2) is 0 Å². The molecule has 2 rings (SSSR count). The topological polar surface area (TPSA) is 25.2 Å². The van der Waals surface area contributed by atoms with Gasteiger partial charge < -0.3 is 9.73 Å². The number of benzene rings is 1. The van der Waals surface area contributed by atoms with Crippen LogP contribution in [0.1, 0.15) is 30.9 Å². The van der Waals surface area contributed by atoms with Gasteiger partial charge in [0.1, 0.15) is 11.5 Å². The highest BCUT2D eigenvalue weighted by atomic mass is 16.3. The standard InChI is InChI=1S/C15H19NO/c1-3-12-6-5-7-13(10-12)16-11-15-9-8-14(4-2)17-15/h5-10,16H,3-4,11H2,1-2H3. The van der Waals surface area contributed by atoms with Crippen molar-refractivity contribution in [2.75, 3.05) is 5.32 Å². The molecule has 0 amide bonds. The molecule has 0 aliphatic carbocycles. The molecule has 0 bridgehead atoms. The van der Waals surface area contributed by atoms with E-state index in [1.165, 1.54) is 5.56 Å². The lowest BCUT2D eigenvalue weighted by atomic mass is 10.1. The van der Waals surface area contributed by atoms with Gasteiger partial charge in [-0.05, 0) is 36.2 Å². The molecule has 1 N–H and O–H groups in total. The molecule has 0 aliphatic heterocycles. The number of furan rings is 1. The van der Waals surface area contributed by atoms with Crippen molar-refractivity contribution in [1.82, 2.24) is 0 Å². The number of anilines is 1. The first-order chi connectivity index (χ1) is 8.31. The zero-order valence-corrected chi connectivity index (χ0v) is 10.5. The minimum absolute atomic E-state index is 0.743. The smallest absolute Gasteiger partial charge is 0.123 e. The van der Waals surface area contributed by atoms with Gasteiger partial charge >= 0.3 is 0 Å². The summed E-state index contributed by atoms with van der Waals surface area (Å²) in [5, 5.41) is 3.38. The normalized spacial score (nSPS) is 10.5. The van der Waals surface area contributed by atoms with Gasteiger partial charge in [-0.15, -0.1) is 0 Å². The Morgan fingerprint density at radius 2 is 1.82 bits per heavy atom. The lowest BCUT2D eigenvalue weighted by Gasteiger charge is -2.06. The molecule has 0 saturated heterocycles. The monoisotopic (exact) mass is 229 g/mol. The SMILES string of the molecule is CCc1cccc(NCc2ccc(CC)o2)c1. The molecule has 1 aromatic carbocycles. The van der Waals surface area contributed by atoms with Gasteiger partial charge in [0.25, 0.3) is 0 Å². The molecule has 90 valence electrons. The van der Waals surface area contributed by atoms with E-state index in [0.29, 0.717) is 0 Å². The van der Waals surface area contributed by atoms with Crippen LogP contribution >= 0.6 is 0 Å². The minimum Gasteiger partial charge on any atom is -0.464 e. The maximum Gasteiger partial charge on any atom is 0.123 e. The summed E-state index contributed by atoms with van der Waals surface area (Å²) in [6.45, 7) is 5.01. The van der Waals surface area contributed by atoms with Crippen LogP contribution in [0, 0.1) is 0 Å². The fourth-order valence-corrected chi connectivity index (χ4v) is 1.80. The van der Waals surface area contributed by atoms with Gasteiger partial charge in [0.05, 0.1) is 6.54 Å². The Kier molecular flexibility index (Phi) is 3.86. The third-order valence-electron chi connectivity index (χ3n) is 2.87. The number of nitrogens with one attached hydrogen (secondary N) is 1. The van der Waals surface area contributed by atoms with Crippen molar-refractivity contribution in [3.63, 3.8) is 0 Å². The quantitative estimate of drug-likeness (QED) is 0.837. The summed E-state index contributed by atoms with van der Waals surface area (Å²) in [4.78, 5) is 0. The maximum absolute atomic E-state index is 5.65. The molecule has 1 aromatic heterocycles. The van der Waals surface area contributed by atoms with Gasteiger partial charge in [-0.1, -0.05) is 26.0 Å². The van der Waals surface area contributed by atoms with Crippen LogP contribution in [0.15, 0.2) is 40.8 Å². The zero-order valence-electron chi connectivity index (χ0n) is 10.5. The Balaban J connectivity index is 1.96. The number of hydrogen-bond donors (Lipinski definition) is 1. The van der Waals surface area contributed by atoms with Gasteiger partial charge in [-0.2, -0.15) is 0 Å². The fraction of sp³-hybridized carbons (Fsp3) is 0.333. The molecule has 2 heteroatoms. The highest BCUT2D eigenvalue weighted by Gasteiger charge is 2.00. The number of hydrogen-bond acceptors (Lipinski definition) is 2. The molecule has 0 fully saturated rings. The molecular weight excluding hydrogens is 210 g/mol. The lowest BCUT2D eigenvalue weighted by molar-refractivity contribution is 0.476. The van der Waals surface area contributed by atoms with Crippen LogP contribution in [0.3, 0.4) is 0 Å². The van der Waals surface area contributed by atoms with Gasteiger partial charge in [0.2, 0.25) is 0 Å². The van der Waals surface area contributed by atoms with E-state index < -0.39 is 0 Å². The van der Waals surface area contributed by atoms with Crippen molar-refractivity contribution in [3.8, 4) is 0 Å². The van der Waals surface area contributed by atoms with Crippen molar-refractivity contribution in [2.24, 2.45) is 0 Å². The van der Waals surface area contributed by atoms with Crippen molar-refractivity contribution in [3.05, 3.63) is 53.5 Å². The van der Waals surface area contributed by atoms with Crippen LogP contribution in [0.2, 0.25) is 0 Å². The van der Waals surface area contributed by atoms with Crippen LogP contribution in [0.4, 0.5) is 5.69 Å². The molecule has 0 radical (unpaired) electrons. The average Bonchev–Trinajstić information content (AvgIpc) is 2.84. The molecule has 17 heavy (non-hydrogen) atoms. The molecule has 0 atom stereocenters. The Morgan fingerprint density at radius 3 is 2.53 bits per heavy atom. The highest BCUT2D eigenvalue weighted by Crippen LogP contribution is 2.14. The minimum atomic E-state index is 0.743. The molecule has 0 spiro atoms. The van der Waals surface area contributed by atoms with Crippen molar-refractivity contribution >= 4 is 5.69 Å². The van der Waals surface area contributed by atoms with Crippen LogP contribution in [0.25, 0.3) is 0 Å². The Bertz CT molecular complexity index is 473. The Hall–Kier alpha value is -1.70. The van der Waals surface area contributed by atoms with Crippen LogP contribution in [-0.2, 0) is 19.4 Å². The summed E-state index contributed by atoms with van der Waals surface area (Å²) < 4.78 is 5.65. The first-order valence-corrected chi connectivity index (χ1v) is 6.22. The Labute approximate surface area is 103 Å². The van der Waals surface area contributed by atoms with E-state index in [2.05, 4.69) is 43.4 Å². The van der Waals surface area contributed by atoms with E-state index in [1.54, 1.807) is 0 Å². The van der Waals surface area contributed by atoms with Gasteiger partial charge in [-0.3, -0.25) is 0 Å². The van der Waals surface area contributed by atoms with E-state index >= 15 is 0 Å². The molecule has 2 nitrogen and oxygen atoms in total. The summed E-state index contributed by atoms with van der Waals surface area (Å²) in [6, 6.07) is 12.6. The zero-order chi connectivity index (χ0) is 12.1. The molecular formula is C15H19NO. The summed E-state index contributed by atoms with van der Waals surface area (Å²) >= 11 is 0. The average molecular weight is 229 g/mol. The molecule has 0 saturated carbocycles. The first kappa shape index (κ1) is 11.8. The fourth-order valence-electron chi connectivity index (χ4n) is 1.80. The molecule has 2 aromatic rings. The first-order valence-electron chi connectivity index (χ1n) is 6.22. The van der Waals surface area contributed by atoms with Gasteiger partial charge in [0, 0.05) is 12.1 Å². The highest BCUT2D eigenvalue weighted by molar-refractivity contribution is 5.45. The van der Waals surface area contributed by atoms with Crippen LogP contribution < -0.4 is 5.32 Å². The predicted molar refractivity (Wildman–Crippen MR) is 71.2 cm³/mol. The third-order valence-corrected chi connectivity index (χ3v) is 2.87. The van der Waals surface area contributed by atoms with E-state index in [4.69, 9.17) is 4.42 Å². The second-order valence-corrected chi connectivity index (χ2v) is 4.13. The second kappa shape index (κ2) is 5.58. The van der Waals surface area contributed by atoms with E-state index in [-0.39, 0.29) is 0 Å². The van der Waals surface area contributed by atoms with Crippen molar-refractivity contribution < 1.29 is 4.42 Å². The van der Waals surface area contributed by atoms with E-state index in [9.17, 15) is 0 Å². The lowest BCUT2D eigenvalue weighted by Crippen LogP contribution is -1.98. The van der Waals surface area contributed by atoms with Gasteiger partial charge in [0.15, 0.2) is 0 Å². The van der Waals surface area contributed by atoms with Crippen molar-refractivity contribution in [1.29, 1.82) is 0 Å². The molecule has 0 aliphatic rings. The van der Waals surface area contributed by atoms with Crippen LogP contribution in [0.5, 0.6) is 0 Å².